The van der Waals surface area contributed by atoms with Gasteiger partial charge in [-0.15, -0.1) is 5.11 Å². The van der Waals surface area contributed by atoms with E-state index >= 15 is 0 Å². The van der Waals surface area contributed by atoms with Gasteiger partial charge in [-0.2, -0.15) is 5.11 Å². The van der Waals surface area contributed by atoms with Gasteiger partial charge in [-0.25, -0.2) is 4.79 Å². The molecular weight excluding hydrogens is 375 g/mol. The van der Waals surface area contributed by atoms with Crippen LogP contribution in [-0.4, -0.2) is 18.2 Å². The van der Waals surface area contributed by atoms with Crippen LogP contribution in [0, 0.1) is 0 Å². The van der Waals surface area contributed by atoms with Gasteiger partial charge >= 0.3 is 5.97 Å². The molecule has 0 atom stereocenters. The van der Waals surface area contributed by atoms with Crippen LogP contribution in [0.5, 0.6) is 0 Å². The van der Waals surface area contributed by atoms with E-state index in [-0.39, 0.29) is 15.6 Å². The molecule has 1 N–H and O–H groups in total. The third-order valence-electron chi connectivity index (χ3n) is 2.89. The molecule has 0 saturated heterocycles. The van der Waals surface area contributed by atoms with E-state index in [0.717, 1.165) is 7.11 Å². The Morgan fingerprint density at radius 3 is 2.17 bits per heavy atom. The summed E-state index contributed by atoms with van der Waals surface area (Å²) in [6.07, 6.45) is 0. The molecule has 0 radical (unpaired) electrons. The monoisotopic (exact) mass is 384 g/mol. The summed E-state index contributed by atoms with van der Waals surface area (Å²) < 4.78 is 4.62. The number of methoxy groups -OCH3 is 1. The van der Waals surface area contributed by atoms with Gasteiger partial charge in [0, 0.05) is 5.02 Å². The van der Waals surface area contributed by atoms with Crippen molar-refractivity contribution in [2.75, 3.05) is 7.11 Å². The maximum absolute atomic E-state index is 11.9. The number of azo groups is 1. The van der Waals surface area contributed by atoms with Gasteiger partial charge in [0.05, 0.1) is 28.4 Å². The summed E-state index contributed by atoms with van der Waals surface area (Å²) in [5, 5.41) is 18.9. The third-order valence-corrected chi connectivity index (χ3v) is 3.78. The first-order chi connectivity index (χ1) is 11.4. The van der Waals surface area contributed by atoms with Crippen molar-refractivity contribution in [2.45, 2.75) is 0 Å². The lowest BCUT2D eigenvalue weighted by atomic mass is 10.1. The Hall–Kier alpha value is -2.08. The van der Waals surface area contributed by atoms with Crippen molar-refractivity contribution in [1.82, 2.24) is 0 Å². The fourth-order valence-corrected chi connectivity index (χ4v) is 2.44. The number of hydrogen-bond donors (Lipinski definition) is 1. The zero-order valence-corrected chi connectivity index (χ0v) is 14.6. The minimum atomic E-state index is -0.888. The van der Waals surface area contributed by atoms with Crippen LogP contribution in [0.25, 0.3) is 5.76 Å². The van der Waals surface area contributed by atoms with E-state index in [1.165, 1.54) is 12.1 Å². The molecular formula is C16H11Cl3N2O3. The van der Waals surface area contributed by atoms with Gasteiger partial charge in [0.15, 0.2) is 5.76 Å². The zero-order chi connectivity index (χ0) is 17.7. The highest BCUT2D eigenvalue weighted by Crippen LogP contribution is 2.32. The Balaban J connectivity index is 2.51. The number of aliphatic hydroxyl groups is 1. The normalized spacial score (nSPS) is 12.2. The van der Waals surface area contributed by atoms with Crippen LogP contribution in [-0.2, 0) is 9.53 Å². The number of esters is 1. The zero-order valence-electron chi connectivity index (χ0n) is 12.3. The van der Waals surface area contributed by atoms with Crippen LogP contribution in [0.4, 0.5) is 5.69 Å². The number of carbonyl (C=O) groups excluding carboxylic acids is 1. The fourth-order valence-electron chi connectivity index (χ4n) is 1.74. The van der Waals surface area contributed by atoms with Crippen molar-refractivity contribution in [3.8, 4) is 0 Å². The third kappa shape index (κ3) is 4.26. The lowest BCUT2D eigenvalue weighted by Gasteiger charge is -2.08. The van der Waals surface area contributed by atoms with E-state index in [0.29, 0.717) is 10.7 Å². The Morgan fingerprint density at radius 1 is 1.04 bits per heavy atom. The van der Waals surface area contributed by atoms with E-state index in [9.17, 15) is 9.90 Å². The topological polar surface area (TPSA) is 71.2 Å². The molecule has 2 rings (SSSR count). The highest BCUT2D eigenvalue weighted by atomic mass is 35.5. The number of benzene rings is 2. The number of rotatable bonds is 4. The van der Waals surface area contributed by atoms with Crippen LogP contribution in [0.15, 0.2) is 58.4 Å². The van der Waals surface area contributed by atoms with E-state index in [1.807, 2.05) is 0 Å². The molecule has 0 amide bonds. The van der Waals surface area contributed by atoms with E-state index in [2.05, 4.69) is 15.0 Å². The summed E-state index contributed by atoms with van der Waals surface area (Å²) in [6, 6.07) is 11.1. The standard InChI is InChI=1S/C16H11Cl3N2O3/c1-24-16(23)14(21-20-10-7-5-9(17)6-8-10)15(22)13-11(18)3-2-4-12(13)19/h2-8,22H,1H3. The van der Waals surface area contributed by atoms with Gasteiger partial charge in [-0.05, 0) is 36.4 Å². The number of aliphatic hydroxyl groups excluding tert-OH is 1. The van der Waals surface area contributed by atoms with Crippen LogP contribution >= 0.6 is 34.8 Å². The first kappa shape index (κ1) is 18.3. The van der Waals surface area contributed by atoms with E-state index in [1.54, 1.807) is 30.3 Å². The summed E-state index contributed by atoms with van der Waals surface area (Å²) in [7, 11) is 1.15. The first-order valence-electron chi connectivity index (χ1n) is 6.57. The summed E-state index contributed by atoms with van der Waals surface area (Å²) in [6.45, 7) is 0. The Bertz CT molecular complexity index is 798. The minimum Gasteiger partial charge on any atom is -0.505 e. The molecule has 0 bridgehead atoms. The average molecular weight is 386 g/mol. The van der Waals surface area contributed by atoms with Crippen LogP contribution in [0.3, 0.4) is 0 Å². The largest absolute Gasteiger partial charge is 0.505 e. The molecule has 124 valence electrons. The fraction of sp³-hybridized carbons (Fsp3) is 0.0625. The Morgan fingerprint density at radius 2 is 1.62 bits per heavy atom. The van der Waals surface area contributed by atoms with Crippen LogP contribution in [0.1, 0.15) is 5.56 Å². The summed E-state index contributed by atoms with van der Waals surface area (Å²) in [5.41, 5.74) is 0.0672. The number of ether oxygens (including phenoxy) is 1. The van der Waals surface area contributed by atoms with Gasteiger partial charge in [0.1, 0.15) is 0 Å². The molecule has 24 heavy (non-hydrogen) atoms. The number of hydrogen-bond acceptors (Lipinski definition) is 5. The molecule has 0 unspecified atom stereocenters. The predicted octanol–water partition coefficient (Wildman–Crippen LogP) is 5.83. The molecule has 0 spiro atoms. The van der Waals surface area contributed by atoms with Crippen molar-refractivity contribution in [2.24, 2.45) is 10.2 Å². The maximum atomic E-state index is 11.9. The van der Waals surface area contributed by atoms with Gasteiger partial charge in [0.25, 0.3) is 0 Å². The van der Waals surface area contributed by atoms with Gasteiger partial charge in [-0.1, -0.05) is 40.9 Å². The van der Waals surface area contributed by atoms with E-state index < -0.39 is 17.4 Å². The Kier molecular flexibility index (Phi) is 6.20. The van der Waals surface area contributed by atoms with Gasteiger partial charge < -0.3 is 9.84 Å². The second-order valence-corrected chi connectivity index (χ2v) is 5.71. The highest BCUT2D eigenvalue weighted by molar-refractivity contribution is 6.37. The first-order valence-corrected chi connectivity index (χ1v) is 7.70. The number of carbonyl (C=O) groups is 1. The molecule has 0 saturated carbocycles. The molecule has 0 aliphatic carbocycles. The van der Waals surface area contributed by atoms with Gasteiger partial charge in [-0.3, -0.25) is 0 Å². The maximum Gasteiger partial charge on any atom is 0.362 e. The summed E-state index contributed by atoms with van der Waals surface area (Å²) in [4.78, 5) is 11.9. The van der Waals surface area contributed by atoms with Crippen molar-refractivity contribution in [3.63, 3.8) is 0 Å². The molecule has 0 aliphatic heterocycles. The van der Waals surface area contributed by atoms with Gasteiger partial charge in [0.2, 0.25) is 5.70 Å². The summed E-state index contributed by atoms with van der Waals surface area (Å²) in [5.74, 6) is -1.42. The molecule has 2 aromatic carbocycles. The molecule has 0 aromatic heterocycles. The van der Waals surface area contributed by atoms with Crippen LogP contribution in [0.2, 0.25) is 15.1 Å². The summed E-state index contributed by atoms with van der Waals surface area (Å²) >= 11 is 17.9. The Labute approximate surface area is 153 Å². The molecule has 0 heterocycles. The van der Waals surface area contributed by atoms with Crippen molar-refractivity contribution >= 4 is 52.2 Å². The van der Waals surface area contributed by atoms with Crippen LogP contribution < -0.4 is 0 Å². The lowest BCUT2D eigenvalue weighted by molar-refractivity contribution is -0.136. The minimum absolute atomic E-state index is 0.0660. The van der Waals surface area contributed by atoms with Crippen molar-refractivity contribution < 1.29 is 14.6 Å². The van der Waals surface area contributed by atoms with E-state index in [4.69, 9.17) is 34.8 Å². The molecule has 8 heteroatoms. The molecule has 2 aromatic rings. The number of halogens is 3. The van der Waals surface area contributed by atoms with Crippen molar-refractivity contribution in [3.05, 3.63) is 68.8 Å². The predicted molar refractivity (Wildman–Crippen MR) is 94.0 cm³/mol. The highest BCUT2D eigenvalue weighted by Gasteiger charge is 2.21. The quantitative estimate of drug-likeness (QED) is 0.311. The SMILES string of the molecule is COC(=O)C(N=Nc1ccc(Cl)cc1)=C(O)c1c(Cl)cccc1Cl. The molecule has 0 aliphatic rings. The molecule has 5 nitrogen and oxygen atoms in total. The van der Waals surface area contributed by atoms with Crippen molar-refractivity contribution in [1.29, 1.82) is 0 Å². The number of nitrogens with zero attached hydrogens (tertiary/aromatic N) is 2. The molecule has 0 fully saturated rings. The average Bonchev–Trinajstić information content (AvgIpc) is 2.56. The smallest absolute Gasteiger partial charge is 0.362 e. The lowest BCUT2D eigenvalue weighted by Crippen LogP contribution is -2.06. The second-order valence-electron chi connectivity index (χ2n) is 4.46. The second kappa shape index (κ2) is 8.15.